The van der Waals surface area contributed by atoms with E-state index in [1.807, 2.05) is 7.05 Å². The van der Waals surface area contributed by atoms with Crippen LogP contribution in [0.5, 0.6) is 0 Å². The number of carbonyl (C=O) groups excluding carboxylic acids is 1. The largest absolute Gasteiger partial charge is 0.356 e. The second-order valence-electron chi connectivity index (χ2n) is 4.50. The van der Waals surface area contributed by atoms with Crippen molar-refractivity contribution in [1.29, 1.82) is 0 Å². The van der Waals surface area contributed by atoms with E-state index in [4.69, 9.17) is 0 Å². The molecule has 3 heteroatoms. The van der Waals surface area contributed by atoms with E-state index in [-0.39, 0.29) is 5.91 Å². The van der Waals surface area contributed by atoms with Gasteiger partial charge in [-0.3, -0.25) is 4.79 Å². The molecule has 1 rings (SSSR count). The molecule has 2 N–H and O–H groups in total. The molecular formula is C12H24N2O. The van der Waals surface area contributed by atoms with Gasteiger partial charge in [-0.1, -0.05) is 25.7 Å². The number of hydrogen-bond acceptors (Lipinski definition) is 2. The molecule has 0 aliphatic heterocycles. The van der Waals surface area contributed by atoms with Gasteiger partial charge in [-0.15, -0.1) is 0 Å². The summed E-state index contributed by atoms with van der Waals surface area (Å²) in [5, 5.41) is 5.94. The Bertz CT molecular complexity index is 176. The van der Waals surface area contributed by atoms with E-state index in [1.54, 1.807) is 0 Å². The van der Waals surface area contributed by atoms with Crippen molar-refractivity contribution in [2.75, 3.05) is 20.1 Å². The molecule has 1 aliphatic rings. The first-order valence-electron chi connectivity index (χ1n) is 6.24. The van der Waals surface area contributed by atoms with E-state index in [1.165, 1.54) is 32.1 Å². The summed E-state index contributed by atoms with van der Waals surface area (Å²) >= 11 is 0. The summed E-state index contributed by atoms with van der Waals surface area (Å²) in [4.78, 5) is 11.2. The third-order valence-corrected chi connectivity index (χ3v) is 3.19. The maximum absolute atomic E-state index is 11.2. The predicted octanol–water partition coefficient (Wildman–Crippen LogP) is 1.68. The lowest BCUT2D eigenvalue weighted by Gasteiger charge is -2.09. The smallest absolute Gasteiger partial charge is 0.221 e. The lowest BCUT2D eigenvalue weighted by molar-refractivity contribution is -0.120. The molecule has 0 radical (unpaired) electrons. The summed E-state index contributed by atoms with van der Waals surface area (Å²) in [7, 11) is 1.87. The van der Waals surface area contributed by atoms with E-state index >= 15 is 0 Å². The highest BCUT2D eigenvalue weighted by molar-refractivity contribution is 5.75. The molecule has 88 valence electrons. The highest BCUT2D eigenvalue weighted by atomic mass is 16.1. The minimum absolute atomic E-state index is 0.177. The second-order valence-corrected chi connectivity index (χ2v) is 4.50. The summed E-state index contributed by atoms with van der Waals surface area (Å²) < 4.78 is 0. The van der Waals surface area contributed by atoms with Crippen molar-refractivity contribution < 1.29 is 4.79 Å². The monoisotopic (exact) mass is 212 g/mol. The minimum atomic E-state index is 0.177. The molecule has 0 heterocycles. The van der Waals surface area contributed by atoms with Gasteiger partial charge in [0.25, 0.3) is 0 Å². The van der Waals surface area contributed by atoms with E-state index in [0.717, 1.165) is 25.4 Å². The van der Waals surface area contributed by atoms with Crippen molar-refractivity contribution in [3.63, 3.8) is 0 Å². The van der Waals surface area contributed by atoms with Gasteiger partial charge >= 0.3 is 0 Å². The first-order chi connectivity index (χ1) is 7.33. The molecule has 1 fully saturated rings. The summed E-state index contributed by atoms with van der Waals surface area (Å²) in [6.07, 6.45) is 8.70. The van der Waals surface area contributed by atoms with Crippen molar-refractivity contribution >= 4 is 5.91 Å². The Kier molecular flexibility index (Phi) is 6.41. The first kappa shape index (κ1) is 12.5. The van der Waals surface area contributed by atoms with Gasteiger partial charge in [-0.2, -0.15) is 0 Å². The fraction of sp³-hybridized carbons (Fsp3) is 0.917. The van der Waals surface area contributed by atoms with Crippen molar-refractivity contribution in [1.82, 2.24) is 10.6 Å². The van der Waals surface area contributed by atoms with Crippen LogP contribution in [-0.4, -0.2) is 26.0 Å². The molecule has 1 amide bonds. The quantitative estimate of drug-likeness (QED) is 0.630. The second kappa shape index (κ2) is 7.69. The van der Waals surface area contributed by atoms with Crippen LogP contribution in [-0.2, 0) is 4.79 Å². The van der Waals surface area contributed by atoms with Gasteiger partial charge in [0.15, 0.2) is 0 Å². The predicted molar refractivity (Wildman–Crippen MR) is 62.7 cm³/mol. The lowest BCUT2D eigenvalue weighted by atomic mass is 10.0. The molecule has 1 aliphatic carbocycles. The highest BCUT2D eigenvalue weighted by Gasteiger charge is 2.13. The number of carbonyl (C=O) groups is 1. The Balaban J connectivity index is 1.89. The minimum Gasteiger partial charge on any atom is -0.356 e. The van der Waals surface area contributed by atoms with E-state index in [0.29, 0.717) is 6.42 Å². The zero-order chi connectivity index (χ0) is 10.9. The molecule has 0 spiro atoms. The molecule has 3 nitrogen and oxygen atoms in total. The standard InChI is InChI=1S/C12H24N2O/c1-13-10-8-12(15)14-9-4-7-11-5-2-3-6-11/h11,13H,2-10H2,1H3,(H,14,15). The first-order valence-corrected chi connectivity index (χ1v) is 6.24. The topological polar surface area (TPSA) is 41.1 Å². The third kappa shape index (κ3) is 5.78. The molecule has 0 aromatic rings. The zero-order valence-electron chi connectivity index (χ0n) is 9.85. The van der Waals surface area contributed by atoms with Gasteiger partial charge in [0.1, 0.15) is 0 Å². The molecule has 0 aromatic heterocycles. The third-order valence-electron chi connectivity index (χ3n) is 3.19. The Morgan fingerprint density at radius 1 is 1.27 bits per heavy atom. The van der Waals surface area contributed by atoms with Crippen LogP contribution in [0.2, 0.25) is 0 Å². The van der Waals surface area contributed by atoms with Crippen LogP contribution in [0.25, 0.3) is 0 Å². The van der Waals surface area contributed by atoms with Gasteiger partial charge in [0.05, 0.1) is 0 Å². The zero-order valence-corrected chi connectivity index (χ0v) is 9.85. The molecule has 0 atom stereocenters. The Labute approximate surface area is 93.0 Å². The van der Waals surface area contributed by atoms with Gasteiger partial charge in [0.2, 0.25) is 5.91 Å². The van der Waals surface area contributed by atoms with Crippen LogP contribution >= 0.6 is 0 Å². The molecule has 1 saturated carbocycles. The molecule has 15 heavy (non-hydrogen) atoms. The Morgan fingerprint density at radius 3 is 2.67 bits per heavy atom. The van der Waals surface area contributed by atoms with Crippen LogP contribution in [0.3, 0.4) is 0 Å². The van der Waals surface area contributed by atoms with Crippen LogP contribution in [0.15, 0.2) is 0 Å². The number of hydrogen-bond donors (Lipinski definition) is 2. The van der Waals surface area contributed by atoms with E-state index < -0.39 is 0 Å². The fourth-order valence-corrected chi connectivity index (χ4v) is 2.24. The van der Waals surface area contributed by atoms with Crippen LogP contribution in [0.4, 0.5) is 0 Å². The lowest BCUT2D eigenvalue weighted by Crippen LogP contribution is -2.27. The molecule has 0 saturated heterocycles. The van der Waals surface area contributed by atoms with Crippen molar-refractivity contribution in [3.8, 4) is 0 Å². The Hall–Kier alpha value is -0.570. The molecule has 0 unspecified atom stereocenters. The van der Waals surface area contributed by atoms with Gasteiger partial charge in [-0.05, 0) is 25.8 Å². The van der Waals surface area contributed by atoms with Gasteiger partial charge < -0.3 is 10.6 Å². The van der Waals surface area contributed by atoms with Gasteiger partial charge in [-0.25, -0.2) is 0 Å². The summed E-state index contributed by atoms with van der Waals surface area (Å²) in [5.74, 6) is 1.12. The van der Waals surface area contributed by atoms with Crippen LogP contribution in [0.1, 0.15) is 44.9 Å². The number of amides is 1. The van der Waals surface area contributed by atoms with Crippen molar-refractivity contribution in [2.45, 2.75) is 44.9 Å². The maximum Gasteiger partial charge on any atom is 0.221 e. The highest BCUT2D eigenvalue weighted by Crippen LogP contribution is 2.28. The Morgan fingerprint density at radius 2 is 2.00 bits per heavy atom. The van der Waals surface area contributed by atoms with Gasteiger partial charge in [0, 0.05) is 19.5 Å². The molecule has 0 bridgehead atoms. The van der Waals surface area contributed by atoms with Crippen LogP contribution in [0, 0.1) is 5.92 Å². The van der Waals surface area contributed by atoms with Crippen LogP contribution < -0.4 is 10.6 Å². The number of rotatable bonds is 7. The average Bonchev–Trinajstić information content (AvgIpc) is 2.74. The van der Waals surface area contributed by atoms with E-state index in [9.17, 15) is 4.79 Å². The number of nitrogens with one attached hydrogen (secondary N) is 2. The van der Waals surface area contributed by atoms with Crippen molar-refractivity contribution in [2.24, 2.45) is 5.92 Å². The normalized spacial score (nSPS) is 16.9. The SMILES string of the molecule is CNCCC(=O)NCCCC1CCCC1. The summed E-state index contributed by atoms with van der Waals surface area (Å²) in [5.41, 5.74) is 0. The van der Waals surface area contributed by atoms with Crippen molar-refractivity contribution in [3.05, 3.63) is 0 Å². The fourth-order valence-electron chi connectivity index (χ4n) is 2.24. The van der Waals surface area contributed by atoms with E-state index in [2.05, 4.69) is 10.6 Å². The average molecular weight is 212 g/mol. The maximum atomic E-state index is 11.2. The summed E-state index contributed by atoms with van der Waals surface area (Å²) in [6, 6.07) is 0. The molecular weight excluding hydrogens is 188 g/mol. The summed E-state index contributed by atoms with van der Waals surface area (Å²) in [6.45, 7) is 1.63. The molecule has 0 aromatic carbocycles.